The van der Waals surface area contributed by atoms with Crippen molar-refractivity contribution < 1.29 is 4.79 Å². The fraction of sp³-hybridized carbons (Fsp3) is 0.333. The van der Waals surface area contributed by atoms with E-state index in [1.165, 1.54) is 0 Å². The quantitative estimate of drug-likeness (QED) is 0.624. The molecule has 3 nitrogen and oxygen atoms in total. The van der Waals surface area contributed by atoms with E-state index in [1.54, 1.807) is 11.8 Å². The maximum absolute atomic E-state index is 12.2. The summed E-state index contributed by atoms with van der Waals surface area (Å²) in [5, 5.41) is 4.42. The molecule has 2 rings (SSSR count). The normalized spacial score (nSPS) is 10.9. The van der Waals surface area contributed by atoms with E-state index in [4.69, 9.17) is 0 Å². The lowest BCUT2D eigenvalue weighted by Crippen LogP contribution is -2.11. The van der Waals surface area contributed by atoms with E-state index in [0.29, 0.717) is 12.2 Å². The Morgan fingerprint density at radius 2 is 2.05 bits per heavy atom. The molecule has 0 radical (unpaired) electrons. The Kier molecular flexibility index (Phi) is 6.08. The number of aryl methyl sites for hydroxylation is 2. The number of halogens is 2. The summed E-state index contributed by atoms with van der Waals surface area (Å²) in [6, 6.07) is 7.94. The lowest BCUT2D eigenvalue weighted by atomic mass is 10.2. The number of Topliss-reactive ketones (excluding diaryl/α,β-unsaturated/α-hetero) is 1. The highest BCUT2D eigenvalue weighted by molar-refractivity contribution is 9.10. The molecule has 0 aliphatic carbocycles. The van der Waals surface area contributed by atoms with Gasteiger partial charge in [0.25, 0.3) is 0 Å². The zero-order chi connectivity index (χ0) is 15.4. The molecule has 0 saturated heterocycles. The van der Waals surface area contributed by atoms with Crippen LogP contribution in [0.3, 0.4) is 0 Å². The first kappa shape index (κ1) is 16.8. The number of hydrogen-bond donors (Lipinski definition) is 0. The number of nitrogens with zero attached hydrogens (tertiary/aromatic N) is 2. The first-order chi connectivity index (χ1) is 10.0. The predicted molar refractivity (Wildman–Crippen MR) is 93.9 cm³/mol. The van der Waals surface area contributed by atoms with Crippen LogP contribution in [0.5, 0.6) is 0 Å². The molecule has 0 spiro atoms. The first-order valence-electron chi connectivity index (χ1n) is 6.63. The van der Waals surface area contributed by atoms with Crippen molar-refractivity contribution >= 4 is 49.4 Å². The molecule has 2 aromatic rings. The van der Waals surface area contributed by atoms with E-state index in [2.05, 4.69) is 37.0 Å². The van der Waals surface area contributed by atoms with Gasteiger partial charge in [-0.25, -0.2) is 0 Å². The third-order valence-electron chi connectivity index (χ3n) is 3.04. The molecule has 0 N–H and O–H groups in total. The third-order valence-corrected chi connectivity index (χ3v) is 6.16. The Balaban J connectivity index is 2.01. The van der Waals surface area contributed by atoms with E-state index in [-0.39, 0.29) is 5.78 Å². The summed E-state index contributed by atoms with van der Waals surface area (Å²) in [7, 11) is 0. The molecule has 0 aliphatic rings. The number of thioether (sulfide) groups is 1. The predicted octanol–water partition coefficient (Wildman–Crippen LogP) is 4.64. The van der Waals surface area contributed by atoms with Crippen LogP contribution in [0.15, 0.2) is 38.1 Å². The van der Waals surface area contributed by atoms with E-state index in [9.17, 15) is 4.79 Å². The molecule has 0 fully saturated rings. The second-order valence-electron chi connectivity index (χ2n) is 4.60. The molecule has 0 unspecified atom stereocenters. The first-order valence-corrected chi connectivity index (χ1v) is 9.21. The van der Waals surface area contributed by atoms with Gasteiger partial charge in [-0.3, -0.25) is 9.48 Å². The Morgan fingerprint density at radius 3 is 2.71 bits per heavy atom. The molecule has 0 amide bonds. The maximum atomic E-state index is 12.2. The van der Waals surface area contributed by atoms with Gasteiger partial charge in [0, 0.05) is 15.9 Å². The van der Waals surface area contributed by atoms with Crippen LogP contribution in [-0.2, 0) is 17.8 Å². The van der Waals surface area contributed by atoms with Crippen molar-refractivity contribution in [1.82, 2.24) is 9.78 Å². The van der Waals surface area contributed by atoms with Crippen molar-refractivity contribution in [3.63, 3.8) is 0 Å². The number of benzene rings is 1. The SMILES string of the molecule is CCn1nc(C)c(Br)c1CC(=O)CSc1ccccc1Br. The van der Waals surface area contributed by atoms with Gasteiger partial charge in [-0.2, -0.15) is 5.10 Å². The molecule has 21 heavy (non-hydrogen) atoms. The summed E-state index contributed by atoms with van der Waals surface area (Å²) in [5.74, 6) is 0.661. The van der Waals surface area contributed by atoms with Crippen LogP contribution in [0.4, 0.5) is 0 Å². The van der Waals surface area contributed by atoms with Crippen LogP contribution in [0.25, 0.3) is 0 Å². The van der Waals surface area contributed by atoms with Gasteiger partial charge >= 0.3 is 0 Å². The van der Waals surface area contributed by atoms with E-state index >= 15 is 0 Å². The standard InChI is InChI=1S/C15H16Br2N2OS/c1-3-19-13(15(17)10(2)18-19)8-11(20)9-21-14-7-5-4-6-12(14)16/h4-7H,3,8-9H2,1-2H3. The van der Waals surface area contributed by atoms with Gasteiger partial charge in [0.2, 0.25) is 0 Å². The molecular weight excluding hydrogens is 416 g/mol. The summed E-state index contributed by atoms with van der Waals surface area (Å²) in [5.41, 5.74) is 1.89. The Labute approximate surface area is 145 Å². The smallest absolute Gasteiger partial charge is 0.149 e. The minimum absolute atomic E-state index is 0.200. The second-order valence-corrected chi connectivity index (χ2v) is 7.26. The monoisotopic (exact) mass is 430 g/mol. The molecule has 0 bridgehead atoms. The van der Waals surface area contributed by atoms with E-state index < -0.39 is 0 Å². The van der Waals surface area contributed by atoms with Crippen molar-refractivity contribution in [3.8, 4) is 0 Å². The molecule has 1 aromatic carbocycles. The average molecular weight is 432 g/mol. The number of ketones is 1. The highest BCUT2D eigenvalue weighted by Gasteiger charge is 2.16. The summed E-state index contributed by atoms with van der Waals surface area (Å²) >= 11 is 8.58. The van der Waals surface area contributed by atoms with Crippen LogP contribution in [0.1, 0.15) is 18.3 Å². The molecule has 0 atom stereocenters. The van der Waals surface area contributed by atoms with Crippen molar-refractivity contribution in [3.05, 3.63) is 44.6 Å². The lowest BCUT2D eigenvalue weighted by Gasteiger charge is -2.06. The largest absolute Gasteiger partial charge is 0.298 e. The maximum Gasteiger partial charge on any atom is 0.149 e. The fourth-order valence-corrected chi connectivity index (χ4v) is 3.85. The van der Waals surface area contributed by atoms with Crippen LogP contribution in [-0.4, -0.2) is 21.3 Å². The van der Waals surface area contributed by atoms with Crippen LogP contribution in [0, 0.1) is 6.92 Å². The fourth-order valence-electron chi connectivity index (χ4n) is 2.00. The third kappa shape index (κ3) is 4.20. The number of carbonyl (C=O) groups is 1. The van der Waals surface area contributed by atoms with Gasteiger partial charge in [0.1, 0.15) is 5.78 Å². The summed E-state index contributed by atoms with van der Waals surface area (Å²) in [6.07, 6.45) is 0.409. The molecule has 112 valence electrons. The van der Waals surface area contributed by atoms with Crippen LogP contribution in [0.2, 0.25) is 0 Å². The minimum atomic E-state index is 0.200. The molecular formula is C15H16Br2N2OS. The second kappa shape index (κ2) is 7.61. The van der Waals surface area contributed by atoms with Crippen molar-refractivity contribution in [2.24, 2.45) is 0 Å². The van der Waals surface area contributed by atoms with Crippen molar-refractivity contribution in [1.29, 1.82) is 0 Å². The number of rotatable bonds is 6. The van der Waals surface area contributed by atoms with E-state index in [1.807, 2.05) is 42.8 Å². The zero-order valence-electron chi connectivity index (χ0n) is 11.9. The van der Waals surface area contributed by atoms with Crippen molar-refractivity contribution in [2.45, 2.75) is 31.7 Å². The van der Waals surface area contributed by atoms with Gasteiger partial charge in [0.15, 0.2) is 0 Å². The Morgan fingerprint density at radius 1 is 1.33 bits per heavy atom. The molecule has 6 heteroatoms. The summed E-state index contributed by atoms with van der Waals surface area (Å²) < 4.78 is 3.86. The van der Waals surface area contributed by atoms with Gasteiger partial charge < -0.3 is 0 Å². The molecule has 0 aliphatic heterocycles. The summed E-state index contributed by atoms with van der Waals surface area (Å²) in [6.45, 7) is 4.75. The molecule has 0 saturated carbocycles. The van der Waals surface area contributed by atoms with Crippen LogP contribution < -0.4 is 0 Å². The minimum Gasteiger partial charge on any atom is -0.298 e. The number of carbonyl (C=O) groups excluding carboxylic acids is 1. The number of hydrogen-bond acceptors (Lipinski definition) is 3. The Hall–Kier alpha value is -0.590. The van der Waals surface area contributed by atoms with Gasteiger partial charge in [-0.05, 0) is 57.8 Å². The van der Waals surface area contributed by atoms with Crippen LogP contribution >= 0.6 is 43.6 Å². The summed E-state index contributed by atoms with van der Waals surface area (Å²) in [4.78, 5) is 13.3. The topological polar surface area (TPSA) is 34.9 Å². The van der Waals surface area contributed by atoms with E-state index in [0.717, 1.165) is 31.8 Å². The van der Waals surface area contributed by atoms with Gasteiger partial charge in [-0.15, -0.1) is 11.8 Å². The Bertz CT molecular complexity index is 655. The average Bonchev–Trinajstić information content (AvgIpc) is 2.74. The van der Waals surface area contributed by atoms with Crippen molar-refractivity contribution in [2.75, 3.05) is 5.75 Å². The zero-order valence-corrected chi connectivity index (χ0v) is 15.9. The highest BCUT2D eigenvalue weighted by Crippen LogP contribution is 2.28. The van der Waals surface area contributed by atoms with Gasteiger partial charge in [0.05, 0.1) is 28.0 Å². The number of aromatic nitrogens is 2. The highest BCUT2D eigenvalue weighted by atomic mass is 79.9. The molecule has 1 aromatic heterocycles. The lowest BCUT2D eigenvalue weighted by molar-refractivity contribution is -0.116. The molecule has 1 heterocycles. The van der Waals surface area contributed by atoms with Gasteiger partial charge in [-0.1, -0.05) is 12.1 Å².